The smallest absolute Gasteiger partial charge is 0.409 e. The van der Waals surface area contributed by atoms with Crippen LogP contribution >= 0.6 is 34.8 Å². The molecule has 0 saturated carbocycles. The zero-order valence-corrected chi connectivity index (χ0v) is 27.6. The van der Waals surface area contributed by atoms with Gasteiger partial charge in [0.1, 0.15) is 31.5 Å². The number of aromatic nitrogens is 2. The highest BCUT2D eigenvalue weighted by Gasteiger charge is 2.55. The van der Waals surface area contributed by atoms with Gasteiger partial charge in [-0.15, -0.1) is 0 Å². The molecule has 3 aliphatic heterocycles. The Morgan fingerprint density at radius 3 is 2.38 bits per heavy atom. The van der Waals surface area contributed by atoms with Gasteiger partial charge in [-0.05, 0) is 48.9 Å². The monoisotopic (exact) mass is 696 g/mol. The Hall–Kier alpha value is -3.87. The van der Waals surface area contributed by atoms with Gasteiger partial charge < -0.3 is 33.6 Å². The van der Waals surface area contributed by atoms with Crippen LogP contribution < -0.4 is 5.32 Å². The van der Waals surface area contributed by atoms with Crippen molar-refractivity contribution in [3.63, 3.8) is 0 Å². The van der Waals surface area contributed by atoms with Gasteiger partial charge in [0, 0.05) is 59.8 Å². The number of aldehydes is 2. The maximum atomic E-state index is 13.6. The molecule has 2 aromatic heterocycles. The van der Waals surface area contributed by atoms with Gasteiger partial charge in [0.15, 0.2) is 5.72 Å². The molecule has 5 aromatic rings. The number of hydrogen-bond acceptors (Lipinski definition) is 7. The molecule has 3 aliphatic rings. The molecule has 242 valence electrons. The van der Waals surface area contributed by atoms with Gasteiger partial charge in [0.2, 0.25) is 3.79 Å². The summed E-state index contributed by atoms with van der Waals surface area (Å²) in [5.74, 6) is -0.228. The van der Waals surface area contributed by atoms with E-state index in [2.05, 4.69) is 9.88 Å². The van der Waals surface area contributed by atoms with Gasteiger partial charge >= 0.3 is 6.09 Å². The molecule has 2 bridgehead atoms. The Morgan fingerprint density at radius 1 is 1.09 bits per heavy atom. The summed E-state index contributed by atoms with van der Waals surface area (Å²) in [6, 6.07) is 10.2. The summed E-state index contributed by atoms with van der Waals surface area (Å²) < 4.78 is 21.0. The Labute approximate surface area is 282 Å². The maximum absolute atomic E-state index is 13.6. The second kappa shape index (κ2) is 10.3. The molecule has 0 aliphatic carbocycles. The van der Waals surface area contributed by atoms with E-state index in [0.29, 0.717) is 22.1 Å². The first-order valence-corrected chi connectivity index (χ1v) is 16.0. The minimum atomic E-state index is -1.80. The topological polar surface area (TPSA) is 121 Å². The molecule has 1 unspecified atom stereocenters. The Bertz CT molecular complexity index is 2240. The number of hydrogen-bond donors (Lipinski definition) is 1. The van der Waals surface area contributed by atoms with Crippen molar-refractivity contribution >= 4 is 103 Å². The predicted octanol–water partition coefficient (Wildman–Crippen LogP) is 6.20. The zero-order valence-electron chi connectivity index (χ0n) is 25.3. The van der Waals surface area contributed by atoms with Crippen LogP contribution in [0.3, 0.4) is 0 Å². The van der Waals surface area contributed by atoms with Crippen LogP contribution in [0.25, 0.3) is 43.6 Å². The van der Waals surface area contributed by atoms with Crippen LogP contribution in [0.1, 0.15) is 56.2 Å². The van der Waals surface area contributed by atoms with Crippen LogP contribution in [0.2, 0.25) is 0 Å². The van der Waals surface area contributed by atoms with Crippen LogP contribution in [-0.4, -0.2) is 75.3 Å². The number of likely N-dealkylation sites (N-methyl/N-ethyl adjacent to an activating group) is 1. The summed E-state index contributed by atoms with van der Waals surface area (Å²) in [7, 11) is 3.16. The number of alkyl halides is 3. The van der Waals surface area contributed by atoms with Crippen molar-refractivity contribution in [1.82, 2.24) is 19.4 Å². The number of carbonyl (C=O) groups excluding carboxylic acids is 4. The SMILES string of the molecule is CO[C@@H]1[C@H](N(C)C(=O)OCC(Cl)(Cl)Cl)CC2O[C@]1(C)n1c3ccc(C=O)cc3c3c4c(c5c6cc(C=O)ccc6n2c5c31)C(=O)NC4. The van der Waals surface area contributed by atoms with Crippen molar-refractivity contribution in [2.75, 3.05) is 20.8 Å². The van der Waals surface area contributed by atoms with E-state index in [-0.39, 0.29) is 18.9 Å². The third kappa shape index (κ3) is 4.13. The predicted molar refractivity (Wildman–Crippen MR) is 177 cm³/mol. The number of methoxy groups -OCH3 is 1. The van der Waals surface area contributed by atoms with E-state index in [4.69, 9.17) is 49.0 Å². The number of amides is 2. The van der Waals surface area contributed by atoms with E-state index in [1.54, 1.807) is 32.4 Å². The van der Waals surface area contributed by atoms with E-state index in [0.717, 1.165) is 56.4 Å². The summed E-state index contributed by atoms with van der Waals surface area (Å²) in [6.07, 6.45) is -0.294. The Kier molecular flexibility index (Phi) is 6.68. The number of carbonyl (C=O) groups is 4. The third-order valence-corrected chi connectivity index (χ3v) is 10.2. The Morgan fingerprint density at radius 2 is 1.74 bits per heavy atom. The quantitative estimate of drug-likeness (QED) is 0.172. The molecule has 1 saturated heterocycles. The lowest BCUT2D eigenvalue weighted by Crippen LogP contribution is -2.61. The number of rotatable bonds is 5. The lowest BCUT2D eigenvalue weighted by atomic mass is 9.92. The number of ether oxygens (including phenoxy) is 3. The summed E-state index contributed by atoms with van der Waals surface area (Å²) in [4.78, 5) is 52.5. The number of fused-ring (bicyclic) bond motifs is 13. The summed E-state index contributed by atoms with van der Waals surface area (Å²) in [5.41, 5.74) is 4.02. The Balaban J connectivity index is 1.51. The van der Waals surface area contributed by atoms with Crippen LogP contribution in [0.5, 0.6) is 0 Å². The molecule has 5 heterocycles. The lowest BCUT2D eigenvalue weighted by Gasteiger charge is -2.50. The van der Waals surface area contributed by atoms with Crippen molar-refractivity contribution in [3.05, 3.63) is 58.7 Å². The molecule has 1 N–H and O–H groups in total. The highest BCUT2D eigenvalue weighted by molar-refractivity contribution is 6.67. The number of nitrogens with one attached hydrogen (secondary N) is 1. The minimum absolute atomic E-state index is 0.228. The minimum Gasteiger partial charge on any atom is -0.445 e. The van der Waals surface area contributed by atoms with Crippen molar-refractivity contribution in [2.45, 2.75) is 47.8 Å². The fraction of sp³-hybridized carbons (Fsp3) is 0.333. The fourth-order valence-corrected chi connectivity index (χ4v) is 8.22. The third-order valence-electron chi connectivity index (χ3n) is 9.85. The first-order chi connectivity index (χ1) is 22.4. The summed E-state index contributed by atoms with van der Waals surface area (Å²) in [6.45, 7) is 1.74. The molecule has 0 radical (unpaired) electrons. The molecule has 3 aromatic carbocycles. The normalized spacial score (nSPS) is 23.4. The van der Waals surface area contributed by atoms with E-state index >= 15 is 0 Å². The van der Waals surface area contributed by atoms with E-state index in [1.165, 1.54) is 4.90 Å². The summed E-state index contributed by atoms with van der Waals surface area (Å²) >= 11 is 17.6. The van der Waals surface area contributed by atoms with E-state index in [1.807, 2.05) is 29.7 Å². The molecule has 14 heteroatoms. The van der Waals surface area contributed by atoms with Gasteiger partial charge in [-0.25, -0.2) is 4.79 Å². The standard InChI is InChI=1S/C33H27Cl3N4O7/c1-32-29(45-3)22(38(2)31(44)46-14-33(34,35)36)10-23(47-32)39-20-6-4-15(12-41)8-17(20)25-26-19(11-37-30(26)43)24-18-9-16(13-42)5-7-21(18)40(32)28(24)27(25)39/h4-9,12-13,22-23,29H,10-11,14H2,1-3H3,(H,37,43)/t22-,23?,29-,32+/m1/s1. The van der Waals surface area contributed by atoms with Crippen LogP contribution in [-0.2, 0) is 26.5 Å². The zero-order chi connectivity index (χ0) is 33.2. The second-order valence-electron chi connectivity index (χ2n) is 12.3. The first-order valence-electron chi connectivity index (χ1n) is 14.9. The van der Waals surface area contributed by atoms with Crippen molar-refractivity contribution < 1.29 is 33.4 Å². The molecule has 2 amide bonds. The van der Waals surface area contributed by atoms with Crippen LogP contribution in [0, 0.1) is 0 Å². The van der Waals surface area contributed by atoms with Crippen molar-refractivity contribution in [3.8, 4) is 0 Å². The molecule has 8 rings (SSSR count). The second-order valence-corrected chi connectivity index (χ2v) is 14.9. The molecule has 1 fully saturated rings. The average Bonchev–Trinajstić information content (AvgIpc) is 3.69. The highest BCUT2D eigenvalue weighted by atomic mass is 35.6. The fourth-order valence-electron chi connectivity index (χ4n) is 8.06. The first kappa shape index (κ1) is 30.5. The number of nitrogens with zero attached hydrogens (tertiary/aromatic N) is 3. The highest BCUT2D eigenvalue weighted by Crippen LogP contribution is 2.54. The van der Waals surface area contributed by atoms with Crippen LogP contribution in [0.4, 0.5) is 4.79 Å². The van der Waals surface area contributed by atoms with E-state index < -0.39 is 40.6 Å². The van der Waals surface area contributed by atoms with Gasteiger partial charge in [0.25, 0.3) is 5.91 Å². The number of benzene rings is 3. The van der Waals surface area contributed by atoms with Gasteiger partial charge in [0.05, 0.1) is 33.7 Å². The molecular weight excluding hydrogens is 671 g/mol. The van der Waals surface area contributed by atoms with Gasteiger partial charge in [-0.3, -0.25) is 14.4 Å². The van der Waals surface area contributed by atoms with Crippen molar-refractivity contribution in [1.29, 1.82) is 0 Å². The molecule has 47 heavy (non-hydrogen) atoms. The van der Waals surface area contributed by atoms with Crippen molar-refractivity contribution in [2.24, 2.45) is 0 Å². The molecule has 0 spiro atoms. The average molecular weight is 698 g/mol. The molecule has 4 atom stereocenters. The number of halogens is 3. The molecule has 11 nitrogen and oxygen atoms in total. The lowest BCUT2D eigenvalue weighted by molar-refractivity contribution is -0.265. The van der Waals surface area contributed by atoms with Gasteiger partial charge in [-0.2, -0.15) is 0 Å². The largest absolute Gasteiger partial charge is 0.445 e. The van der Waals surface area contributed by atoms with E-state index in [9.17, 15) is 19.2 Å². The van der Waals surface area contributed by atoms with Crippen LogP contribution in [0.15, 0.2) is 36.4 Å². The maximum Gasteiger partial charge on any atom is 0.409 e. The van der Waals surface area contributed by atoms with Gasteiger partial charge in [-0.1, -0.05) is 34.8 Å². The summed E-state index contributed by atoms with van der Waals surface area (Å²) in [5, 5.41) is 6.00. The molecular formula is C33H27Cl3N4O7.